The topological polar surface area (TPSA) is 82.6 Å². The summed E-state index contributed by atoms with van der Waals surface area (Å²) in [6.45, 7) is 8.17. The number of rotatable bonds is 3. The molecule has 7 heteroatoms. The summed E-state index contributed by atoms with van der Waals surface area (Å²) < 4.78 is 0. The molecule has 1 saturated heterocycles. The Hall–Kier alpha value is -3.06. The van der Waals surface area contributed by atoms with Crippen LogP contribution in [0.15, 0.2) is 36.9 Å². The van der Waals surface area contributed by atoms with E-state index in [1.54, 1.807) is 6.20 Å². The molecule has 4 aromatic heterocycles. The van der Waals surface area contributed by atoms with Crippen LogP contribution in [-0.2, 0) is 0 Å². The highest BCUT2D eigenvalue weighted by molar-refractivity contribution is 5.96. The number of aromatic amines is 1. The molecule has 0 aliphatic carbocycles. The number of nitrogens with one attached hydrogen (secondary N) is 2. The molecule has 142 valence electrons. The smallest absolute Gasteiger partial charge is 0.163 e. The molecule has 0 unspecified atom stereocenters. The number of hydrogen-bond acceptors (Lipinski definition) is 6. The molecule has 0 aromatic carbocycles. The molecule has 0 spiro atoms. The van der Waals surface area contributed by atoms with E-state index in [0.29, 0.717) is 5.92 Å². The van der Waals surface area contributed by atoms with Crippen LogP contribution in [0, 0.1) is 0 Å². The predicted octanol–water partition coefficient (Wildman–Crippen LogP) is 3.10. The van der Waals surface area contributed by atoms with Gasteiger partial charge in [0.2, 0.25) is 0 Å². The van der Waals surface area contributed by atoms with Crippen molar-refractivity contribution >= 4 is 27.8 Å². The monoisotopic (exact) mass is 373 g/mol. The second-order valence-corrected chi connectivity index (χ2v) is 7.48. The summed E-state index contributed by atoms with van der Waals surface area (Å²) in [5.41, 5.74) is 3.92. The fourth-order valence-corrected chi connectivity index (χ4v) is 3.91. The summed E-state index contributed by atoms with van der Waals surface area (Å²) in [5.74, 6) is 2.08. The average molecular weight is 373 g/mol. The maximum absolute atomic E-state index is 5.09. The summed E-state index contributed by atoms with van der Waals surface area (Å²) in [5, 5.41) is 5.58. The van der Waals surface area contributed by atoms with Gasteiger partial charge >= 0.3 is 0 Å². The van der Waals surface area contributed by atoms with Crippen molar-refractivity contribution in [3.05, 3.63) is 42.5 Å². The standard InChI is InChI=1S/C21H23N7/c1-13(2)16-11-23-12-17-18(16)21(28-9-7-22-8-10-28)27-20(26-17)15-4-6-25-19-14(15)3-5-24-19/h3-6,11-13,22H,7-10H2,1-2H3,(H,24,25). The van der Waals surface area contributed by atoms with Gasteiger partial charge in [-0.3, -0.25) is 4.98 Å². The van der Waals surface area contributed by atoms with E-state index < -0.39 is 0 Å². The molecule has 0 amide bonds. The lowest BCUT2D eigenvalue weighted by atomic mass is 10.0. The van der Waals surface area contributed by atoms with Gasteiger partial charge in [0, 0.05) is 61.1 Å². The second-order valence-electron chi connectivity index (χ2n) is 7.48. The minimum Gasteiger partial charge on any atom is -0.353 e. The van der Waals surface area contributed by atoms with E-state index in [1.165, 1.54) is 5.56 Å². The van der Waals surface area contributed by atoms with E-state index in [4.69, 9.17) is 9.97 Å². The normalized spacial score (nSPS) is 15.0. The van der Waals surface area contributed by atoms with Crippen molar-refractivity contribution in [2.75, 3.05) is 31.1 Å². The molecular weight excluding hydrogens is 350 g/mol. The number of H-pyrrole nitrogens is 1. The first kappa shape index (κ1) is 17.1. The summed E-state index contributed by atoms with van der Waals surface area (Å²) in [6, 6.07) is 4.01. The fourth-order valence-electron chi connectivity index (χ4n) is 3.91. The van der Waals surface area contributed by atoms with Crippen molar-refractivity contribution in [1.82, 2.24) is 30.2 Å². The fraction of sp³-hybridized carbons (Fsp3) is 0.333. The minimum absolute atomic E-state index is 0.352. The quantitative estimate of drug-likeness (QED) is 0.574. The molecular formula is C21H23N7. The van der Waals surface area contributed by atoms with Crippen LogP contribution in [0.5, 0.6) is 0 Å². The van der Waals surface area contributed by atoms with Gasteiger partial charge in [0.25, 0.3) is 0 Å². The van der Waals surface area contributed by atoms with Gasteiger partial charge in [0.05, 0.1) is 11.7 Å². The van der Waals surface area contributed by atoms with Gasteiger partial charge in [-0.15, -0.1) is 0 Å². The maximum atomic E-state index is 5.09. The molecule has 0 bridgehead atoms. The number of hydrogen-bond donors (Lipinski definition) is 2. The highest BCUT2D eigenvalue weighted by atomic mass is 15.2. The molecule has 1 aliphatic rings. The van der Waals surface area contributed by atoms with Gasteiger partial charge in [-0.05, 0) is 23.6 Å². The molecule has 4 aromatic rings. The largest absolute Gasteiger partial charge is 0.353 e. The van der Waals surface area contributed by atoms with E-state index in [2.05, 4.69) is 39.0 Å². The van der Waals surface area contributed by atoms with E-state index in [1.807, 2.05) is 30.7 Å². The third kappa shape index (κ3) is 2.79. The Morgan fingerprint density at radius 3 is 2.75 bits per heavy atom. The zero-order chi connectivity index (χ0) is 19.1. The van der Waals surface area contributed by atoms with Crippen molar-refractivity contribution in [1.29, 1.82) is 0 Å². The van der Waals surface area contributed by atoms with Crippen molar-refractivity contribution in [2.45, 2.75) is 19.8 Å². The van der Waals surface area contributed by atoms with Crippen LogP contribution in [0.3, 0.4) is 0 Å². The molecule has 0 atom stereocenters. The first-order valence-corrected chi connectivity index (χ1v) is 9.76. The zero-order valence-electron chi connectivity index (χ0n) is 16.1. The van der Waals surface area contributed by atoms with Crippen molar-refractivity contribution in [3.63, 3.8) is 0 Å². The second kappa shape index (κ2) is 6.83. The molecule has 7 nitrogen and oxygen atoms in total. The molecule has 0 radical (unpaired) electrons. The van der Waals surface area contributed by atoms with Gasteiger partial charge in [-0.2, -0.15) is 0 Å². The van der Waals surface area contributed by atoms with E-state index in [-0.39, 0.29) is 0 Å². The maximum Gasteiger partial charge on any atom is 0.163 e. The molecule has 28 heavy (non-hydrogen) atoms. The summed E-state index contributed by atoms with van der Waals surface area (Å²) in [6.07, 6.45) is 7.51. The molecule has 5 heterocycles. The first-order chi connectivity index (χ1) is 13.7. The Labute approximate surface area is 163 Å². The Kier molecular flexibility index (Phi) is 4.16. The predicted molar refractivity (Wildman–Crippen MR) is 112 cm³/mol. The van der Waals surface area contributed by atoms with Crippen molar-refractivity contribution in [3.8, 4) is 11.4 Å². The highest BCUT2D eigenvalue weighted by Gasteiger charge is 2.21. The van der Waals surface area contributed by atoms with E-state index in [0.717, 1.165) is 65.3 Å². The summed E-state index contributed by atoms with van der Waals surface area (Å²) in [7, 11) is 0. The summed E-state index contributed by atoms with van der Waals surface area (Å²) in [4.78, 5) is 24.4. The number of nitrogens with zero attached hydrogens (tertiary/aromatic N) is 5. The third-order valence-electron chi connectivity index (χ3n) is 5.36. The first-order valence-electron chi connectivity index (χ1n) is 9.76. The number of anilines is 1. The molecule has 1 aliphatic heterocycles. The zero-order valence-corrected chi connectivity index (χ0v) is 16.1. The Morgan fingerprint density at radius 1 is 1.07 bits per heavy atom. The highest BCUT2D eigenvalue weighted by Crippen LogP contribution is 2.34. The van der Waals surface area contributed by atoms with Crippen LogP contribution in [0.4, 0.5) is 5.82 Å². The Morgan fingerprint density at radius 2 is 1.93 bits per heavy atom. The van der Waals surface area contributed by atoms with Crippen LogP contribution < -0.4 is 10.2 Å². The summed E-state index contributed by atoms with van der Waals surface area (Å²) >= 11 is 0. The molecule has 1 fully saturated rings. The van der Waals surface area contributed by atoms with Crippen LogP contribution in [0.25, 0.3) is 33.3 Å². The van der Waals surface area contributed by atoms with Gasteiger partial charge in [0.15, 0.2) is 5.82 Å². The van der Waals surface area contributed by atoms with Crippen LogP contribution >= 0.6 is 0 Å². The van der Waals surface area contributed by atoms with Gasteiger partial charge in [-0.1, -0.05) is 13.8 Å². The van der Waals surface area contributed by atoms with Crippen LogP contribution in [-0.4, -0.2) is 51.1 Å². The Balaban J connectivity index is 1.79. The van der Waals surface area contributed by atoms with Gasteiger partial charge in [0.1, 0.15) is 11.5 Å². The van der Waals surface area contributed by atoms with Crippen LogP contribution in [0.1, 0.15) is 25.3 Å². The van der Waals surface area contributed by atoms with E-state index in [9.17, 15) is 0 Å². The number of pyridine rings is 2. The lowest BCUT2D eigenvalue weighted by molar-refractivity contribution is 0.586. The Bertz CT molecular complexity index is 1140. The number of fused-ring (bicyclic) bond motifs is 2. The van der Waals surface area contributed by atoms with Gasteiger partial charge < -0.3 is 15.2 Å². The number of piperazine rings is 1. The molecule has 0 saturated carbocycles. The minimum atomic E-state index is 0.352. The van der Waals surface area contributed by atoms with Crippen LogP contribution in [0.2, 0.25) is 0 Å². The van der Waals surface area contributed by atoms with Gasteiger partial charge in [-0.25, -0.2) is 15.0 Å². The lowest BCUT2D eigenvalue weighted by Crippen LogP contribution is -2.44. The third-order valence-corrected chi connectivity index (χ3v) is 5.36. The average Bonchev–Trinajstić information content (AvgIpc) is 3.22. The molecule has 5 rings (SSSR count). The molecule has 2 N–H and O–H groups in total. The van der Waals surface area contributed by atoms with E-state index >= 15 is 0 Å². The van der Waals surface area contributed by atoms with Crippen molar-refractivity contribution in [2.24, 2.45) is 0 Å². The van der Waals surface area contributed by atoms with Crippen molar-refractivity contribution < 1.29 is 0 Å². The SMILES string of the molecule is CC(C)c1cncc2nc(-c3ccnc4[nH]ccc34)nc(N3CCNCC3)c12. The number of aromatic nitrogens is 5. The lowest BCUT2D eigenvalue weighted by Gasteiger charge is -2.30.